The maximum atomic E-state index is 11.2. The van der Waals surface area contributed by atoms with Crippen LogP contribution in [0.4, 0.5) is 0 Å². The number of allylic oxidation sites excluding steroid dienone is 1. The summed E-state index contributed by atoms with van der Waals surface area (Å²) in [7, 11) is 0. The molecule has 1 heterocycles. The van der Waals surface area contributed by atoms with Gasteiger partial charge in [-0.15, -0.1) is 0 Å². The Morgan fingerprint density at radius 3 is 1.76 bits per heavy atom. The van der Waals surface area contributed by atoms with E-state index in [1.165, 1.54) is 77.0 Å². The third kappa shape index (κ3) is 14.9. The molecule has 1 aliphatic heterocycles. The van der Waals surface area contributed by atoms with E-state index >= 15 is 0 Å². The Morgan fingerprint density at radius 1 is 0.800 bits per heavy atom. The Labute approximate surface area is 155 Å². The van der Waals surface area contributed by atoms with E-state index in [9.17, 15) is 9.59 Å². The highest BCUT2D eigenvalue weighted by molar-refractivity contribution is 5.95. The summed E-state index contributed by atoms with van der Waals surface area (Å²) in [5.74, 6) is -1.12. The summed E-state index contributed by atoms with van der Waals surface area (Å²) in [5.41, 5.74) is 0. The lowest BCUT2D eigenvalue weighted by atomic mass is 10.0. The highest BCUT2D eigenvalue weighted by Gasteiger charge is 2.30. The third-order valence-electron chi connectivity index (χ3n) is 4.45. The number of esters is 2. The van der Waals surface area contributed by atoms with Crippen LogP contribution in [0, 0.1) is 5.92 Å². The first-order chi connectivity index (χ1) is 12.2. The maximum Gasteiger partial charge on any atom is 0.321 e. The van der Waals surface area contributed by atoms with E-state index in [1.54, 1.807) is 0 Å². The Kier molecular flexibility index (Phi) is 16.9. The normalized spacial score (nSPS) is 16.8. The number of ether oxygens (including phenoxy) is 1. The molecule has 3 heteroatoms. The van der Waals surface area contributed by atoms with E-state index in [0.29, 0.717) is 0 Å². The number of carbonyl (C=O) groups is 2. The first kappa shape index (κ1) is 23.9. The summed E-state index contributed by atoms with van der Waals surface area (Å²) in [6.07, 6.45) is 21.0. The van der Waals surface area contributed by atoms with Gasteiger partial charge in [0.05, 0.1) is 12.3 Å². The van der Waals surface area contributed by atoms with Gasteiger partial charge in [-0.3, -0.25) is 9.59 Å². The van der Waals surface area contributed by atoms with Crippen molar-refractivity contribution in [3.8, 4) is 0 Å². The van der Waals surface area contributed by atoms with Gasteiger partial charge in [0.15, 0.2) is 0 Å². The predicted octanol–water partition coefficient (Wildman–Crippen LogP) is 6.75. The van der Waals surface area contributed by atoms with Gasteiger partial charge in [0.1, 0.15) is 0 Å². The van der Waals surface area contributed by atoms with Gasteiger partial charge < -0.3 is 4.74 Å². The topological polar surface area (TPSA) is 43.4 Å². The van der Waals surface area contributed by atoms with Crippen molar-refractivity contribution < 1.29 is 14.3 Å². The second-order valence-corrected chi connectivity index (χ2v) is 7.00. The van der Waals surface area contributed by atoms with Gasteiger partial charge in [0.25, 0.3) is 0 Å². The molecule has 1 atom stereocenters. The second kappa shape index (κ2) is 17.7. The first-order valence-corrected chi connectivity index (χ1v) is 10.6. The summed E-state index contributed by atoms with van der Waals surface area (Å²) >= 11 is 0. The standard InChI is InChI=1S/C16H26O3.C6H14/c1-2-3-4-5-6-7-8-9-10-11-12-14-13-15(17)19-16(14)18;1-3-5-6-4-2/h11-12,14H,2-10,13H2,1H3;3-6H2,1-2H3/b12-11+;. The Bertz CT molecular complexity index is 356. The van der Waals surface area contributed by atoms with Gasteiger partial charge >= 0.3 is 11.9 Å². The van der Waals surface area contributed by atoms with Gasteiger partial charge in [0, 0.05) is 0 Å². The average Bonchev–Trinajstić information content (AvgIpc) is 2.92. The molecule has 1 saturated heterocycles. The van der Waals surface area contributed by atoms with Crippen molar-refractivity contribution in [2.45, 2.75) is 111 Å². The molecule has 0 aromatic rings. The van der Waals surface area contributed by atoms with E-state index < -0.39 is 11.9 Å². The summed E-state index contributed by atoms with van der Waals surface area (Å²) in [6, 6.07) is 0. The average molecular weight is 353 g/mol. The lowest BCUT2D eigenvalue weighted by molar-refractivity contribution is -0.152. The molecule has 0 saturated carbocycles. The molecule has 0 spiro atoms. The molecular weight excluding hydrogens is 312 g/mol. The van der Waals surface area contributed by atoms with Crippen molar-refractivity contribution >= 4 is 11.9 Å². The van der Waals surface area contributed by atoms with Crippen LogP contribution in [0.1, 0.15) is 111 Å². The summed E-state index contributed by atoms with van der Waals surface area (Å²) in [6.45, 7) is 6.70. The van der Waals surface area contributed by atoms with Crippen LogP contribution < -0.4 is 0 Å². The number of unbranched alkanes of at least 4 members (excludes halogenated alkanes) is 11. The molecule has 0 aromatic heterocycles. The monoisotopic (exact) mass is 352 g/mol. The van der Waals surface area contributed by atoms with Crippen LogP contribution in [0.25, 0.3) is 0 Å². The van der Waals surface area contributed by atoms with E-state index in [4.69, 9.17) is 0 Å². The van der Waals surface area contributed by atoms with Gasteiger partial charge in [-0.2, -0.15) is 0 Å². The second-order valence-electron chi connectivity index (χ2n) is 7.00. The molecule has 3 nitrogen and oxygen atoms in total. The molecule has 0 bridgehead atoms. The number of cyclic esters (lactones) is 2. The Hall–Kier alpha value is -1.12. The fourth-order valence-corrected chi connectivity index (χ4v) is 2.80. The zero-order chi connectivity index (χ0) is 18.8. The minimum Gasteiger partial charge on any atom is -0.393 e. The molecule has 0 aromatic carbocycles. The lowest BCUT2D eigenvalue weighted by Crippen LogP contribution is -2.03. The first-order valence-electron chi connectivity index (χ1n) is 10.6. The van der Waals surface area contributed by atoms with Gasteiger partial charge in [-0.25, -0.2) is 0 Å². The zero-order valence-electron chi connectivity index (χ0n) is 16.9. The molecule has 0 aliphatic carbocycles. The number of rotatable bonds is 13. The van der Waals surface area contributed by atoms with Crippen LogP contribution in [-0.2, 0) is 14.3 Å². The molecule has 146 valence electrons. The van der Waals surface area contributed by atoms with E-state index in [1.807, 2.05) is 12.2 Å². The lowest BCUT2D eigenvalue weighted by Gasteiger charge is -2.00. The Morgan fingerprint density at radius 2 is 1.28 bits per heavy atom. The van der Waals surface area contributed by atoms with Crippen LogP contribution >= 0.6 is 0 Å². The van der Waals surface area contributed by atoms with Crippen molar-refractivity contribution in [1.29, 1.82) is 0 Å². The van der Waals surface area contributed by atoms with Crippen molar-refractivity contribution in [3.63, 3.8) is 0 Å². The predicted molar refractivity (Wildman–Crippen MR) is 105 cm³/mol. The number of hydrogen-bond donors (Lipinski definition) is 0. The molecular formula is C22H40O3. The van der Waals surface area contributed by atoms with E-state index in [2.05, 4.69) is 25.5 Å². The van der Waals surface area contributed by atoms with Gasteiger partial charge in [-0.1, -0.05) is 104 Å². The smallest absolute Gasteiger partial charge is 0.321 e. The van der Waals surface area contributed by atoms with E-state index in [-0.39, 0.29) is 12.3 Å². The van der Waals surface area contributed by atoms with Crippen molar-refractivity contribution in [2.75, 3.05) is 0 Å². The minimum atomic E-state index is -0.397. The highest BCUT2D eigenvalue weighted by atomic mass is 16.6. The molecule has 1 rings (SSSR count). The van der Waals surface area contributed by atoms with Crippen molar-refractivity contribution in [2.24, 2.45) is 5.92 Å². The third-order valence-corrected chi connectivity index (χ3v) is 4.45. The molecule has 1 aliphatic rings. The minimum absolute atomic E-state index is 0.215. The molecule has 1 fully saturated rings. The van der Waals surface area contributed by atoms with E-state index in [0.717, 1.165) is 6.42 Å². The summed E-state index contributed by atoms with van der Waals surface area (Å²) in [5, 5.41) is 0. The fourth-order valence-electron chi connectivity index (χ4n) is 2.80. The molecule has 0 N–H and O–H groups in total. The van der Waals surface area contributed by atoms with Crippen LogP contribution in [0.2, 0.25) is 0 Å². The zero-order valence-corrected chi connectivity index (χ0v) is 16.9. The van der Waals surface area contributed by atoms with Gasteiger partial charge in [-0.05, 0) is 12.8 Å². The van der Waals surface area contributed by atoms with Crippen molar-refractivity contribution in [1.82, 2.24) is 0 Å². The Balaban J connectivity index is 0.000000823. The van der Waals surface area contributed by atoms with Crippen molar-refractivity contribution in [3.05, 3.63) is 12.2 Å². The largest absolute Gasteiger partial charge is 0.393 e. The quantitative estimate of drug-likeness (QED) is 0.159. The van der Waals surface area contributed by atoms with Crippen LogP contribution in [0.5, 0.6) is 0 Å². The maximum absolute atomic E-state index is 11.2. The summed E-state index contributed by atoms with van der Waals surface area (Å²) in [4.78, 5) is 22.1. The number of hydrogen-bond acceptors (Lipinski definition) is 3. The van der Waals surface area contributed by atoms with Crippen LogP contribution in [0.15, 0.2) is 12.2 Å². The SMILES string of the molecule is CCCCCC.CCCCCCCCCC/C=C/C1CC(=O)OC1=O. The molecule has 0 radical (unpaired) electrons. The fraction of sp³-hybridized carbons (Fsp3) is 0.818. The van der Waals surface area contributed by atoms with Crippen LogP contribution in [-0.4, -0.2) is 11.9 Å². The highest BCUT2D eigenvalue weighted by Crippen LogP contribution is 2.17. The number of carbonyl (C=O) groups excluding carboxylic acids is 2. The molecule has 25 heavy (non-hydrogen) atoms. The molecule has 0 amide bonds. The summed E-state index contributed by atoms with van der Waals surface area (Å²) < 4.78 is 4.49. The van der Waals surface area contributed by atoms with Crippen LogP contribution in [0.3, 0.4) is 0 Å². The molecule has 1 unspecified atom stereocenters. The van der Waals surface area contributed by atoms with Gasteiger partial charge in [0.2, 0.25) is 0 Å².